The number of halogens is 1. The van der Waals surface area contributed by atoms with Gasteiger partial charge in [-0.15, -0.1) is 0 Å². The first kappa shape index (κ1) is 10.4. The maximum Gasteiger partial charge on any atom is 0.134 e. The number of phenolic OH excluding ortho intramolecular Hbond substituents is 1. The van der Waals surface area contributed by atoms with Crippen molar-refractivity contribution in [2.24, 2.45) is 0 Å². The number of benzene rings is 2. The van der Waals surface area contributed by atoms with Crippen LogP contribution in [0.2, 0.25) is 5.02 Å². The molecule has 0 saturated heterocycles. The predicted molar refractivity (Wildman–Crippen MR) is 63.7 cm³/mol. The van der Waals surface area contributed by atoms with Crippen LogP contribution in [0, 0.1) is 0 Å². The second kappa shape index (κ2) is 4.60. The molecule has 2 aromatic carbocycles. The maximum absolute atomic E-state index is 9.27. The van der Waals surface area contributed by atoms with Gasteiger partial charge in [-0.2, -0.15) is 0 Å². The van der Waals surface area contributed by atoms with Crippen LogP contribution in [0.1, 0.15) is 0 Å². The Morgan fingerprint density at radius 1 is 0.933 bits per heavy atom. The second-order valence-corrected chi connectivity index (χ2v) is 4.58. The summed E-state index contributed by atoms with van der Waals surface area (Å²) in [4.78, 5) is 2.17. The number of hydrogen-bond acceptors (Lipinski definition) is 2. The average molecular weight is 237 g/mol. The molecule has 76 valence electrons. The summed E-state index contributed by atoms with van der Waals surface area (Å²) in [6.45, 7) is 0. The zero-order chi connectivity index (χ0) is 10.7. The average Bonchev–Trinajstić information content (AvgIpc) is 2.25. The molecule has 0 bridgehead atoms. The molecule has 0 amide bonds. The summed E-state index contributed by atoms with van der Waals surface area (Å²) in [5.41, 5.74) is 0. The van der Waals surface area contributed by atoms with Crippen molar-refractivity contribution in [3.8, 4) is 5.75 Å². The normalized spacial score (nSPS) is 10.2. The Hall–Kier alpha value is -1.12. The molecule has 15 heavy (non-hydrogen) atoms. The molecule has 0 unspecified atom stereocenters. The molecule has 0 fully saturated rings. The van der Waals surface area contributed by atoms with Gasteiger partial charge in [-0.1, -0.05) is 41.6 Å². The zero-order valence-corrected chi connectivity index (χ0v) is 9.42. The van der Waals surface area contributed by atoms with E-state index in [4.69, 9.17) is 11.6 Å². The van der Waals surface area contributed by atoms with Gasteiger partial charge in [-0.3, -0.25) is 0 Å². The minimum absolute atomic E-state index is 0.120. The van der Waals surface area contributed by atoms with Gasteiger partial charge in [-0.25, -0.2) is 0 Å². The minimum atomic E-state index is 0.120. The van der Waals surface area contributed by atoms with Gasteiger partial charge in [0.1, 0.15) is 5.75 Å². The lowest BCUT2D eigenvalue weighted by molar-refractivity contribution is 0.475. The molecule has 0 aliphatic heterocycles. The summed E-state index contributed by atoms with van der Waals surface area (Å²) < 4.78 is 0. The van der Waals surface area contributed by atoms with E-state index in [2.05, 4.69) is 0 Å². The molecular formula is C12H9ClOS. The molecule has 0 atom stereocenters. The molecular weight excluding hydrogens is 228 g/mol. The van der Waals surface area contributed by atoms with E-state index >= 15 is 0 Å². The van der Waals surface area contributed by atoms with E-state index in [1.807, 2.05) is 36.4 Å². The third kappa shape index (κ3) is 2.67. The van der Waals surface area contributed by atoms with Crippen molar-refractivity contribution >= 4 is 23.4 Å². The molecule has 0 aliphatic rings. The fraction of sp³-hybridized carbons (Fsp3) is 0. The largest absolute Gasteiger partial charge is 0.506 e. The van der Waals surface area contributed by atoms with Crippen LogP contribution in [-0.4, -0.2) is 5.11 Å². The number of rotatable bonds is 2. The van der Waals surface area contributed by atoms with E-state index in [1.54, 1.807) is 23.9 Å². The summed E-state index contributed by atoms with van der Waals surface area (Å²) in [7, 11) is 0. The highest BCUT2D eigenvalue weighted by Gasteiger charge is 2.01. The summed E-state index contributed by atoms with van der Waals surface area (Å²) in [5.74, 6) is 0.120. The lowest BCUT2D eigenvalue weighted by Crippen LogP contribution is -1.74. The number of hydrogen-bond donors (Lipinski definition) is 1. The smallest absolute Gasteiger partial charge is 0.134 e. The van der Waals surface area contributed by atoms with Crippen molar-refractivity contribution in [3.05, 3.63) is 53.6 Å². The van der Waals surface area contributed by atoms with Crippen molar-refractivity contribution in [2.45, 2.75) is 9.79 Å². The highest BCUT2D eigenvalue weighted by Crippen LogP contribution is 2.32. The molecule has 1 nitrogen and oxygen atoms in total. The van der Waals surface area contributed by atoms with Gasteiger partial charge in [0.25, 0.3) is 0 Å². The van der Waals surface area contributed by atoms with Crippen molar-refractivity contribution in [1.29, 1.82) is 0 Å². The molecule has 3 heteroatoms. The fourth-order valence-corrected chi connectivity index (χ4v) is 2.30. The van der Waals surface area contributed by atoms with E-state index in [1.165, 1.54) is 0 Å². The Morgan fingerprint density at radius 3 is 2.33 bits per heavy atom. The number of phenols is 1. The zero-order valence-electron chi connectivity index (χ0n) is 7.85. The Labute approximate surface area is 97.7 Å². The molecule has 2 rings (SSSR count). The first-order valence-electron chi connectivity index (χ1n) is 4.47. The highest BCUT2D eigenvalue weighted by atomic mass is 35.5. The van der Waals surface area contributed by atoms with Crippen molar-refractivity contribution in [2.75, 3.05) is 0 Å². The molecule has 0 aliphatic carbocycles. The van der Waals surface area contributed by atoms with Gasteiger partial charge in [0.05, 0.1) is 5.02 Å². The van der Waals surface area contributed by atoms with E-state index in [-0.39, 0.29) is 5.75 Å². The van der Waals surface area contributed by atoms with Gasteiger partial charge in [0.15, 0.2) is 0 Å². The monoisotopic (exact) mass is 236 g/mol. The third-order valence-corrected chi connectivity index (χ3v) is 3.20. The van der Waals surface area contributed by atoms with Crippen LogP contribution < -0.4 is 0 Å². The quantitative estimate of drug-likeness (QED) is 0.844. The SMILES string of the molecule is Oc1ccc(Sc2ccccc2)cc1Cl. The van der Waals surface area contributed by atoms with Crippen LogP contribution in [0.4, 0.5) is 0 Å². The summed E-state index contributed by atoms with van der Waals surface area (Å²) >= 11 is 7.43. The molecule has 0 saturated carbocycles. The van der Waals surface area contributed by atoms with Crippen LogP contribution in [0.15, 0.2) is 58.3 Å². The molecule has 0 aromatic heterocycles. The van der Waals surface area contributed by atoms with E-state index < -0.39 is 0 Å². The summed E-state index contributed by atoms with van der Waals surface area (Å²) in [5, 5.41) is 9.65. The molecule has 0 heterocycles. The van der Waals surface area contributed by atoms with Crippen molar-refractivity contribution in [1.82, 2.24) is 0 Å². The van der Waals surface area contributed by atoms with Crippen LogP contribution >= 0.6 is 23.4 Å². The van der Waals surface area contributed by atoms with Crippen LogP contribution in [0.3, 0.4) is 0 Å². The van der Waals surface area contributed by atoms with E-state index in [9.17, 15) is 5.11 Å². The van der Waals surface area contributed by atoms with Crippen molar-refractivity contribution < 1.29 is 5.11 Å². The third-order valence-electron chi connectivity index (χ3n) is 1.90. The van der Waals surface area contributed by atoms with Gasteiger partial charge < -0.3 is 5.11 Å². The lowest BCUT2D eigenvalue weighted by Gasteiger charge is -2.02. The van der Waals surface area contributed by atoms with Crippen LogP contribution in [0.25, 0.3) is 0 Å². The molecule has 1 N–H and O–H groups in total. The number of aromatic hydroxyl groups is 1. The fourth-order valence-electron chi connectivity index (χ4n) is 1.18. The van der Waals surface area contributed by atoms with E-state index in [0.29, 0.717) is 5.02 Å². The Bertz CT molecular complexity index is 456. The second-order valence-electron chi connectivity index (χ2n) is 3.03. The minimum Gasteiger partial charge on any atom is -0.506 e. The molecule has 0 radical (unpaired) electrons. The highest BCUT2D eigenvalue weighted by molar-refractivity contribution is 7.99. The van der Waals surface area contributed by atoms with Gasteiger partial charge in [0, 0.05) is 9.79 Å². The first-order chi connectivity index (χ1) is 7.25. The summed E-state index contributed by atoms with van der Waals surface area (Å²) in [6, 6.07) is 15.2. The van der Waals surface area contributed by atoms with Gasteiger partial charge >= 0.3 is 0 Å². The van der Waals surface area contributed by atoms with Gasteiger partial charge in [-0.05, 0) is 30.3 Å². The van der Waals surface area contributed by atoms with Crippen molar-refractivity contribution in [3.63, 3.8) is 0 Å². The topological polar surface area (TPSA) is 20.2 Å². The van der Waals surface area contributed by atoms with Crippen LogP contribution in [-0.2, 0) is 0 Å². The summed E-state index contributed by atoms with van der Waals surface area (Å²) in [6.07, 6.45) is 0. The maximum atomic E-state index is 9.27. The lowest BCUT2D eigenvalue weighted by atomic mass is 10.3. The first-order valence-corrected chi connectivity index (χ1v) is 5.66. The Morgan fingerprint density at radius 2 is 1.67 bits per heavy atom. The predicted octanol–water partition coefficient (Wildman–Crippen LogP) is 4.20. The Kier molecular flexibility index (Phi) is 3.19. The Balaban J connectivity index is 2.22. The van der Waals surface area contributed by atoms with Crippen LogP contribution in [0.5, 0.6) is 5.75 Å². The van der Waals surface area contributed by atoms with Gasteiger partial charge in [0.2, 0.25) is 0 Å². The molecule has 0 spiro atoms. The standard InChI is InChI=1S/C12H9ClOS/c13-11-8-10(6-7-12(11)14)15-9-4-2-1-3-5-9/h1-8,14H. The molecule has 2 aromatic rings. The van der Waals surface area contributed by atoms with E-state index in [0.717, 1.165) is 9.79 Å².